The van der Waals surface area contributed by atoms with Crippen LogP contribution in [0, 0.1) is 0 Å². The normalized spacial score (nSPS) is 24.3. The first-order chi connectivity index (χ1) is 7.36. The van der Waals surface area contributed by atoms with Crippen molar-refractivity contribution in [3.05, 3.63) is 12.2 Å². The molecule has 0 spiro atoms. The molecule has 0 aromatic heterocycles. The van der Waals surface area contributed by atoms with Crippen molar-refractivity contribution in [1.29, 1.82) is 0 Å². The molecule has 0 radical (unpaired) electrons. The second kappa shape index (κ2) is 5.66. The maximum atomic E-state index is 3.58. The molecule has 0 saturated heterocycles. The lowest BCUT2D eigenvalue weighted by molar-refractivity contribution is 0.215. The highest BCUT2D eigenvalue weighted by atomic mass is 15.1. The Labute approximate surface area is 93.7 Å². The largest absolute Gasteiger partial charge is 0.314 e. The molecule has 1 atom stereocenters. The van der Waals surface area contributed by atoms with Crippen LogP contribution in [0.4, 0.5) is 0 Å². The third kappa shape index (κ3) is 3.96. The summed E-state index contributed by atoms with van der Waals surface area (Å²) in [5, 5.41) is 3.58. The third-order valence-corrected chi connectivity index (χ3v) is 3.52. The van der Waals surface area contributed by atoms with Crippen molar-refractivity contribution in [2.45, 2.75) is 51.1 Å². The molecule has 15 heavy (non-hydrogen) atoms. The number of rotatable bonds is 6. The maximum Gasteiger partial charge on any atom is 0.0166 e. The van der Waals surface area contributed by atoms with E-state index in [0.29, 0.717) is 0 Å². The predicted molar refractivity (Wildman–Crippen MR) is 65.1 cm³/mol. The zero-order valence-electron chi connectivity index (χ0n) is 9.91. The Morgan fingerprint density at radius 1 is 1.40 bits per heavy atom. The van der Waals surface area contributed by atoms with E-state index in [9.17, 15) is 0 Å². The molecule has 2 nitrogen and oxygen atoms in total. The van der Waals surface area contributed by atoms with E-state index in [1.54, 1.807) is 0 Å². The molecule has 2 rings (SSSR count). The average Bonchev–Trinajstić information content (AvgIpc) is 3.09. The van der Waals surface area contributed by atoms with Gasteiger partial charge in [-0.2, -0.15) is 0 Å². The summed E-state index contributed by atoms with van der Waals surface area (Å²) < 4.78 is 0. The van der Waals surface area contributed by atoms with E-state index in [1.807, 2.05) is 0 Å². The second-order valence-electron chi connectivity index (χ2n) is 4.97. The third-order valence-electron chi connectivity index (χ3n) is 3.52. The Hall–Kier alpha value is -0.340. The molecular formula is C13H24N2. The van der Waals surface area contributed by atoms with Crippen LogP contribution in [-0.4, -0.2) is 36.6 Å². The molecular weight excluding hydrogens is 184 g/mol. The summed E-state index contributed by atoms with van der Waals surface area (Å²) in [5.74, 6) is 0. The molecule has 2 aliphatic rings. The molecule has 1 N–H and O–H groups in total. The molecule has 1 aliphatic carbocycles. The Morgan fingerprint density at radius 3 is 2.93 bits per heavy atom. The van der Waals surface area contributed by atoms with E-state index in [2.05, 4.69) is 29.3 Å². The van der Waals surface area contributed by atoms with Crippen LogP contribution < -0.4 is 5.32 Å². The van der Waals surface area contributed by atoms with Gasteiger partial charge in [0.1, 0.15) is 0 Å². The number of hydrogen-bond acceptors (Lipinski definition) is 2. The number of nitrogens with one attached hydrogen (secondary N) is 1. The van der Waals surface area contributed by atoms with Gasteiger partial charge < -0.3 is 5.32 Å². The summed E-state index contributed by atoms with van der Waals surface area (Å²) in [4.78, 5) is 2.59. The number of nitrogens with zero attached hydrogens (tertiary/aromatic N) is 1. The van der Waals surface area contributed by atoms with Gasteiger partial charge in [0, 0.05) is 25.2 Å². The molecule has 0 amide bonds. The highest BCUT2D eigenvalue weighted by Gasteiger charge is 2.20. The van der Waals surface area contributed by atoms with E-state index in [0.717, 1.165) is 18.6 Å². The zero-order valence-corrected chi connectivity index (χ0v) is 9.91. The molecule has 2 heteroatoms. The zero-order chi connectivity index (χ0) is 10.5. The van der Waals surface area contributed by atoms with Crippen molar-refractivity contribution in [2.75, 3.05) is 19.6 Å². The average molecular weight is 208 g/mol. The molecule has 0 bridgehead atoms. The van der Waals surface area contributed by atoms with Gasteiger partial charge in [0.05, 0.1) is 0 Å². The summed E-state index contributed by atoms with van der Waals surface area (Å²) in [7, 11) is 0. The van der Waals surface area contributed by atoms with Gasteiger partial charge in [0.15, 0.2) is 0 Å². The molecule has 0 aromatic rings. The summed E-state index contributed by atoms with van der Waals surface area (Å²) >= 11 is 0. The van der Waals surface area contributed by atoms with Gasteiger partial charge >= 0.3 is 0 Å². The monoisotopic (exact) mass is 208 g/mol. The summed E-state index contributed by atoms with van der Waals surface area (Å²) in [5.41, 5.74) is 0. The quantitative estimate of drug-likeness (QED) is 0.531. The predicted octanol–water partition coefficient (Wildman–Crippen LogP) is 2.17. The lowest BCUT2D eigenvalue weighted by atomic mass is 10.1. The first kappa shape index (κ1) is 11.2. The van der Waals surface area contributed by atoms with Crippen LogP contribution in [0.25, 0.3) is 0 Å². The van der Waals surface area contributed by atoms with Crippen molar-refractivity contribution in [3.63, 3.8) is 0 Å². The summed E-state index contributed by atoms with van der Waals surface area (Å²) in [6, 6.07) is 1.63. The standard InChI is InChI=1S/C13H24N2/c1-12(15-10-3-2-4-11-15)6-5-9-14-13-7-8-13/h2-3,12-14H,4-11H2,1H3. The van der Waals surface area contributed by atoms with E-state index in [1.165, 1.54) is 45.2 Å². The first-order valence-corrected chi connectivity index (χ1v) is 6.48. The Kier molecular flexibility index (Phi) is 4.21. The Balaban J connectivity index is 1.54. The SMILES string of the molecule is CC(CCCNC1CC1)N1CC=CCC1. The second-order valence-corrected chi connectivity index (χ2v) is 4.97. The van der Waals surface area contributed by atoms with Gasteiger partial charge in [-0.05, 0) is 45.6 Å². The van der Waals surface area contributed by atoms with Gasteiger partial charge in [-0.1, -0.05) is 12.2 Å². The Morgan fingerprint density at radius 2 is 2.27 bits per heavy atom. The fourth-order valence-electron chi connectivity index (χ4n) is 2.23. The van der Waals surface area contributed by atoms with Crippen molar-refractivity contribution in [3.8, 4) is 0 Å². The maximum absolute atomic E-state index is 3.58. The van der Waals surface area contributed by atoms with E-state index >= 15 is 0 Å². The minimum Gasteiger partial charge on any atom is -0.314 e. The fourth-order valence-corrected chi connectivity index (χ4v) is 2.23. The van der Waals surface area contributed by atoms with Crippen LogP contribution >= 0.6 is 0 Å². The molecule has 1 aliphatic heterocycles. The summed E-state index contributed by atoms with van der Waals surface area (Å²) in [6.07, 6.45) is 11.3. The van der Waals surface area contributed by atoms with Crippen molar-refractivity contribution in [2.24, 2.45) is 0 Å². The molecule has 1 fully saturated rings. The lowest BCUT2D eigenvalue weighted by Gasteiger charge is -2.29. The topological polar surface area (TPSA) is 15.3 Å². The molecule has 1 saturated carbocycles. The minimum absolute atomic E-state index is 0.760. The van der Waals surface area contributed by atoms with Gasteiger partial charge in [0.2, 0.25) is 0 Å². The van der Waals surface area contributed by atoms with Gasteiger partial charge in [-0.25, -0.2) is 0 Å². The highest BCUT2D eigenvalue weighted by molar-refractivity contribution is 4.92. The Bertz CT molecular complexity index is 209. The van der Waals surface area contributed by atoms with E-state index < -0.39 is 0 Å². The van der Waals surface area contributed by atoms with Crippen molar-refractivity contribution >= 4 is 0 Å². The van der Waals surface area contributed by atoms with Gasteiger partial charge in [-0.3, -0.25) is 4.90 Å². The van der Waals surface area contributed by atoms with E-state index in [-0.39, 0.29) is 0 Å². The summed E-state index contributed by atoms with van der Waals surface area (Å²) in [6.45, 7) is 6.01. The highest BCUT2D eigenvalue weighted by Crippen LogP contribution is 2.18. The lowest BCUT2D eigenvalue weighted by Crippen LogP contribution is -2.36. The van der Waals surface area contributed by atoms with Gasteiger partial charge in [0.25, 0.3) is 0 Å². The smallest absolute Gasteiger partial charge is 0.0166 e. The van der Waals surface area contributed by atoms with Crippen LogP contribution in [-0.2, 0) is 0 Å². The van der Waals surface area contributed by atoms with Crippen molar-refractivity contribution in [1.82, 2.24) is 10.2 Å². The minimum atomic E-state index is 0.760. The molecule has 86 valence electrons. The van der Waals surface area contributed by atoms with Crippen LogP contribution in [0.3, 0.4) is 0 Å². The van der Waals surface area contributed by atoms with Crippen LogP contribution in [0.5, 0.6) is 0 Å². The van der Waals surface area contributed by atoms with Crippen LogP contribution in [0.1, 0.15) is 39.0 Å². The molecule has 1 unspecified atom stereocenters. The number of hydrogen-bond donors (Lipinski definition) is 1. The fraction of sp³-hybridized carbons (Fsp3) is 0.846. The molecule has 1 heterocycles. The van der Waals surface area contributed by atoms with Gasteiger partial charge in [-0.15, -0.1) is 0 Å². The first-order valence-electron chi connectivity index (χ1n) is 6.48. The van der Waals surface area contributed by atoms with E-state index in [4.69, 9.17) is 0 Å². The molecule has 0 aromatic carbocycles. The van der Waals surface area contributed by atoms with Crippen LogP contribution in [0.2, 0.25) is 0 Å². The van der Waals surface area contributed by atoms with Crippen molar-refractivity contribution < 1.29 is 0 Å². The van der Waals surface area contributed by atoms with Crippen LogP contribution in [0.15, 0.2) is 12.2 Å².